The summed E-state index contributed by atoms with van der Waals surface area (Å²) in [4.78, 5) is 89.1. The number of nitrogens with one attached hydrogen (secondary N) is 4. The Morgan fingerprint density at radius 3 is 1.45 bits per heavy atom. The van der Waals surface area contributed by atoms with Gasteiger partial charge in [0.05, 0.1) is 40.1 Å². The van der Waals surface area contributed by atoms with E-state index < -0.39 is 99.5 Å². The first kappa shape index (κ1) is 73.4. The van der Waals surface area contributed by atoms with Crippen molar-refractivity contribution in [3.05, 3.63) is 187 Å². The highest BCUT2D eigenvalue weighted by molar-refractivity contribution is 7.49. The maximum absolute atomic E-state index is 16.1. The molecule has 0 saturated carbocycles. The standard InChI is InChI=1S/C61H62Cl2N10O17P2.C6H15N/c1-34(2)55(74)68-59-66-53-51(57(76)70-59)64-32-72(53)49-28-45(89-91(78,79)87-43-24-16-39(62)17-25-43)48(86-49)31-84-92(80,88-44-26-18-40(63)19-27-44)90-46-29-50(73-33-65-52-54(73)67-60(71-58(52)77)69-56(75)35(3)4)85-47(46)30-83-61(36-10-8-7-9-11-36,37-12-20-41(81-5)21-13-37)38-14-22-42(82-6)23-15-38;1-4-7(5-2)6-3/h7-27,32-35,45-50H,28-31H2,1-6H3,(H,78,79)(H2,66,68,70,74,76)(H2,67,69,71,75,77);4-6H2,1-3H3. The Morgan fingerprint density at radius 1 is 0.616 bits per heavy atom. The summed E-state index contributed by atoms with van der Waals surface area (Å²) in [5.74, 6) is -1.15. The van der Waals surface area contributed by atoms with Crippen molar-refractivity contribution >= 4 is 84.9 Å². The summed E-state index contributed by atoms with van der Waals surface area (Å²) in [6.45, 7) is 15.7. The molecule has 526 valence electrons. The fraction of sp³-hybridized carbons (Fsp3) is 0.373. The maximum Gasteiger partial charge on any atom is 0.530 e. The van der Waals surface area contributed by atoms with E-state index in [-0.39, 0.29) is 65.2 Å². The lowest BCUT2D eigenvalue weighted by molar-refractivity contribution is -0.119. The van der Waals surface area contributed by atoms with Crippen molar-refractivity contribution in [2.75, 3.05) is 57.7 Å². The summed E-state index contributed by atoms with van der Waals surface area (Å²) in [7, 11) is -7.10. The monoisotopic (exact) mass is 1440 g/mol. The van der Waals surface area contributed by atoms with Crippen LogP contribution in [0.15, 0.2) is 150 Å². The predicted octanol–water partition coefficient (Wildman–Crippen LogP) is 11.9. The molecular formula is C67H77Cl2N11O17P2. The Bertz CT molecular complexity index is 4400. The molecule has 0 bridgehead atoms. The van der Waals surface area contributed by atoms with Crippen LogP contribution in [0.1, 0.15) is 90.5 Å². The fourth-order valence-corrected chi connectivity index (χ4v) is 13.7. The largest absolute Gasteiger partial charge is 0.530 e. The number of phosphoric ester groups is 2. The second-order valence-corrected chi connectivity index (χ2v) is 27.3. The number of fused-ring (bicyclic) bond motifs is 2. The Balaban J connectivity index is 0.00000144. The van der Waals surface area contributed by atoms with E-state index in [1.807, 2.05) is 54.6 Å². The lowest BCUT2D eigenvalue weighted by atomic mass is 9.80. The van der Waals surface area contributed by atoms with Gasteiger partial charge in [-0.15, -0.1) is 0 Å². The number of phosphoric acid groups is 2. The van der Waals surface area contributed by atoms with Crippen molar-refractivity contribution < 1.29 is 69.9 Å². The SMILES string of the molecule is CCN(CC)CC.COc1ccc(C(OCC2OC(n3cnc4c(=O)[nH]c(NC(=O)C(C)C)nc43)CC2OP(=O)(OCC2OC(n3cnc4c(=O)[nH]c(NC(=O)C(C)C)nc43)CC2OP(=O)(O)Oc2ccc(Cl)cc2)Oc2ccc(Cl)cc2)(c2ccccc2)c2ccc(OC)cc2)cc1. The van der Waals surface area contributed by atoms with E-state index in [1.165, 1.54) is 90.0 Å². The molecule has 99 heavy (non-hydrogen) atoms. The number of methoxy groups -OCH3 is 2. The number of H-pyrrole nitrogens is 2. The Labute approximate surface area is 579 Å². The van der Waals surface area contributed by atoms with Crippen molar-refractivity contribution in [1.29, 1.82) is 0 Å². The number of benzene rings is 5. The summed E-state index contributed by atoms with van der Waals surface area (Å²) in [6.07, 6.45) is -5.67. The average Bonchev–Trinajstić information content (AvgIpc) is 1.72. The Kier molecular flexibility index (Phi) is 24.0. The molecule has 2 amide bonds. The van der Waals surface area contributed by atoms with Gasteiger partial charge in [-0.3, -0.25) is 67.4 Å². The molecule has 8 unspecified atom stereocenters. The van der Waals surface area contributed by atoms with E-state index in [4.69, 9.17) is 69.5 Å². The van der Waals surface area contributed by atoms with Gasteiger partial charge in [0.15, 0.2) is 22.3 Å². The smallest absolute Gasteiger partial charge is 0.497 e. The molecular weight excluding hydrogens is 1360 g/mol. The number of carbonyl (C=O) groups is 2. The zero-order valence-corrected chi connectivity index (χ0v) is 58.9. The van der Waals surface area contributed by atoms with Gasteiger partial charge < -0.3 is 37.6 Å². The van der Waals surface area contributed by atoms with E-state index in [2.05, 4.69) is 66.2 Å². The van der Waals surface area contributed by atoms with E-state index in [1.54, 1.807) is 66.2 Å². The molecule has 0 spiro atoms. The Morgan fingerprint density at radius 2 is 1.03 bits per heavy atom. The lowest BCUT2D eigenvalue weighted by Gasteiger charge is -2.37. The molecule has 5 N–H and O–H groups in total. The normalized spacial score (nSPS) is 19.0. The maximum atomic E-state index is 16.1. The number of ether oxygens (including phenoxy) is 5. The van der Waals surface area contributed by atoms with Gasteiger partial charge in [0.25, 0.3) is 11.1 Å². The zero-order chi connectivity index (χ0) is 70.8. The fourth-order valence-electron chi connectivity index (χ4n) is 11.0. The first-order chi connectivity index (χ1) is 47.4. The number of imidazole rings is 2. The number of aromatic nitrogens is 8. The predicted molar refractivity (Wildman–Crippen MR) is 369 cm³/mol. The number of hydrogen-bond donors (Lipinski definition) is 5. The quantitative estimate of drug-likeness (QED) is 0.0225. The molecule has 28 nitrogen and oxygen atoms in total. The van der Waals surface area contributed by atoms with Crippen LogP contribution in [0, 0.1) is 11.8 Å². The number of halogens is 2. The highest BCUT2D eigenvalue weighted by Gasteiger charge is 2.49. The van der Waals surface area contributed by atoms with Crippen LogP contribution in [-0.4, -0.2) is 132 Å². The number of anilines is 2. The van der Waals surface area contributed by atoms with Gasteiger partial charge in [-0.25, -0.2) is 19.1 Å². The van der Waals surface area contributed by atoms with Crippen LogP contribution in [0.3, 0.4) is 0 Å². The molecule has 11 rings (SSSR count). The van der Waals surface area contributed by atoms with Crippen molar-refractivity contribution in [2.45, 2.75) is 104 Å². The molecule has 2 saturated heterocycles. The molecule has 0 aliphatic carbocycles. The van der Waals surface area contributed by atoms with Gasteiger partial charge in [0.1, 0.15) is 65.5 Å². The molecule has 8 atom stereocenters. The lowest BCUT2D eigenvalue weighted by Crippen LogP contribution is -2.38. The van der Waals surface area contributed by atoms with Crippen molar-refractivity contribution in [3.8, 4) is 23.0 Å². The summed E-state index contributed by atoms with van der Waals surface area (Å²) in [5, 5.41) is 5.83. The number of amides is 2. The van der Waals surface area contributed by atoms with Gasteiger partial charge >= 0.3 is 15.6 Å². The van der Waals surface area contributed by atoms with Crippen LogP contribution in [0.25, 0.3) is 22.3 Å². The number of hydrogen-bond acceptors (Lipinski definition) is 21. The van der Waals surface area contributed by atoms with Gasteiger partial charge in [-0.2, -0.15) is 9.97 Å². The van der Waals surface area contributed by atoms with Crippen LogP contribution in [0.2, 0.25) is 10.0 Å². The molecule has 2 fully saturated rings. The number of nitrogens with zero attached hydrogens (tertiary/aromatic N) is 7. The average molecular weight is 1440 g/mol. The first-order valence-corrected chi connectivity index (χ1v) is 35.6. The van der Waals surface area contributed by atoms with Crippen molar-refractivity contribution in [1.82, 2.24) is 43.9 Å². The number of carbonyl (C=O) groups excluding carboxylic acids is 2. The summed E-state index contributed by atoms with van der Waals surface area (Å²) in [6, 6.07) is 35.4. The Hall–Kier alpha value is -8.34. The second-order valence-electron chi connectivity index (χ2n) is 23.5. The highest BCUT2D eigenvalue weighted by atomic mass is 35.5. The molecule has 32 heteroatoms. The molecule has 5 aromatic carbocycles. The minimum atomic E-state index is -5.11. The molecule has 4 aromatic heterocycles. The van der Waals surface area contributed by atoms with Gasteiger partial charge in [0.2, 0.25) is 23.7 Å². The van der Waals surface area contributed by atoms with E-state index in [9.17, 15) is 28.6 Å². The first-order valence-electron chi connectivity index (χ1n) is 31.9. The molecule has 6 heterocycles. The topological polar surface area (TPSA) is 335 Å². The van der Waals surface area contributed by atoms with Crippen LogP contribution in [0.5, 0.6) is 23.0 Å². The third-order valence-electron chi connectivity index (χ3n) is 16.4. The van der Waals surface area contributed by atoms with Gasteiger partial charge in [-0.05, 0) is 109 Å². The minimum absolute atomic E-state index is 0.00673. The zero-order valence-electron chi connectivity index (χ0n) is 55.6. The van der Waals surface area contributed by atoms with E-state index in [0.717, 1.165) is 0 Å². The van der Waals surface area contributed by atoms with Crippen LogP contribution < -0.4 is 40.3 Å². The van der Waals surface area contributed by atoms with Crippen LogP contribution in [-0.2, 0) is 52.1 Å². The van der Waals surface area contributed by atoms with Crippen LogP contribution >= 0.6 is 38.8 Å². The second kappa shape index (κ2) is 32.3. The summed E-state index contributed by atoms with van der Waals surface area (Å²) < 4.78 is 95.4. The van der Waals surface area contributed by atoms with Gasteiger partial charge in [-0.1, -0.05) is 126 Å². The number of rotatable bonds is 28. The van der Waals surface area contributed by atoms with E-state index >= 15 is 4.57 Å². The molecule has 2 aliphatic heterocycles. The molecule has 2 aliphatic rings. The van der Waals surface area contributed by atoms with Crippen molar-refractivity contribution in [2.24, 2.45) is 11.8 Å². The van der Waals surface area contributed by atoms with Crippen molar-refractivity contribution in [3.63, 3.8) is 0 Å². The van der Waals surface area contributed by atoms with Crippen LogP contribution in [0.4, 0.5) is 11.9 Å². The third kappa shape index (κ3) is 17.6. The molecule has 0 radical (unpaired) electrons. The van der Waals surface area contributed by atoms with E-state index in [0.29, 0.717) is 38.2 Å². The minimum Gasteiger partial charge on any atom is -0.497 e. The summed E-state index contributed by atoms with van der Waals surface area (Å²) in [5.41, 5.74) is -1.10. The highest BCUT2D eigenvalue weighted by Crippen LogP contribution is 2.56. The number of aromatic amines is 2. The molecule has 9 aromatic rings. The summed E-state index contributed by atoms with van der Waals surface area (Å²) >= 11 is 12.4. The van der Waals surface area contributed by atoms with Gasteiger partial charge in [0, 0.05) is 34.7 Å². The third-order valence-corrected chi connectivity index (χ3v) is 19.3.